The number of nitrogens with one attached hydrogen (secondary N) is 1. The van der Waals surface area contributed by atoms with Gasteiger partial charge in [0.1, 0.15) is 5.41 Å². The van der Waals surface area contributed by atoms with Gasteiger partial charge in [-0.3, -0.25) is 9.59 Å². The first kappa shape index (κ1) is 17.9. The highest BCUT2D eigenvalue weighted by Crippen LogP contribution is 2.26. The molecule has 0 bridgehead atoms. The number of carbonyl (C=O) groups is 2. The van der Waals surface area contributed by atoms with Gasteiger partial charge in [0.05, 0.1) is 5.41 Å². The van der Waals surface area contributed by atoms with Crippen LogP contribution in [0.25, 0.3) is 6.08 Å². The van der Waals surface area contributed by atoms with Crippen molar-refractivity contribution in [1.82, 2.24) is 4.72 Å². The van der Waals surface area contributed by atoms with Crippen LogP contribution in [0.4, 0.5) is 0 Å². The lowest BCUT2D eigenvalue weighted by molar-refractivity contribution is -0.141. The van der Waals surface area contributed by atoms with Gasteiger partial charge in [-0.15, -0.1) is 0 Å². The zero-order valence-electron chi connectivity index (χ0n) is 12.6. The highest BCUT2D eigenvalue weighted by Gasteiger charge is 2.42. The fourth-order valence-electron chi connectivity index (χ4n) is 2.02. The van der Waals surface area contributed by atoms with Crippen LogP contribution in [0.2, 0.25) is 0 Å². The van der Waals surface area contributed by atoms with Crippen LogP contribution < -0.4 is 10.5 Å². The van der Waals surface area contributed by atoms with Crippen molar-refractivity contribution >= 4 is 27.9 Å². The van der Waals surface area contributed by atoms with E-state index in [0.29, 0.717) is 5.56 Å². The van der Waals surface area contributed by atoms with Crippen molar-refractivity contribution in [3.8, 4) is 0 Å². The Balaban J connectivity index is 2.94. The van der Waals surface area contributed by atoms with Crippen LogP contribution in [-0.4, -0.2) is 20.2 Å². The predicted octanol–water partition coefficient (Wildman–Crippen LogP) is 1.39. The molecular formula is C15H20N2O4S. The standard InChI is InChI=1S/C15H20N2O4S/c1-3-15(4-2,13(16)18)14(19)17-22(20,21)11-10-12-8-6-5-7-9-12/h5-11H,3-4H2,1-2H3,(H2,16,18)(H,17,19). The highest BCUT2D eigenvalue weighted by atomic mass is 32.2. The average Bonchev–Trinajstić information content (AvgIpc) is 2.47. The third-order valence-corrected chi connectivity index (χ3v) is 4.55. The number of benzene rings is 1. The minimum Gasteiger partial charge on any atom is -0.369 e. The minimum absolute atomic E-state index is 0.128. The Kier molecular flexibility index (Phi) is 5.87. The van der Waals surface area contributed by atoms with Crippen molar-refractivity contribution in [3.63, 3.8) is 0 Å². The number of amides is 2. The fraction of sp³-hybridized carbons (Fsp3) is 0.333. The van der Waals surface area contributed by atoms with Gasteiger partial charge in [-0.2, -0.15) is 0 Å². The Morgan fingerprint density at radius 3 is 2.18 bits per heavy atom. The van der Waals surface area contributed by atoms with Crippen LogP contribution >= 0.6 is 0 Å². The van der Waals surface area contributed by atoms with E-state index in [1.807, 2.05) is 4.72 Å². The van der Waals surface area contributed by atoms with E-state index in [0.717, 1.165) is 5.41 Å². The van der Waals surface area contributed by atoms with Gasteiger partial charge >= 0.3 is 0 Å². The van der Waals surface area contributed by atoms with E-state index in [2.05, 4.69) is 0 Å². The van der Waals surface area contributed by atoms with E-state index in [-0.39, 0.29) is 12.8 Å². The van der Waals surface area contributed by atoms with Crippen LogP contribution in [0.1, 0.15) is 32.3 Å². The highest BCUT2D eigenvalue weighted by molar-refractivity contribution is 7.93. The summed E-state index contributed by atoms with van der Waals surface area (Å²) in [5.41, 5.74) is 4.42. The molecule has 7 heteroatoms. The number of nitrogens with two attached hydrogens (primary N) is 1. The van der Waals surface area contributed by atoms with E-state index in [1.165, 1.54) is 6.08 Å². The first-order valence-corrected chi connectivity index (χ1v) is 8.42. The second-order valence-electron chi connectivity index (χ2n) is 4.84. The smallest absolute Gasteiger partial charge is 0.257 e. The Hall–Kier alpha value is -2.15. The second kappa shape index (κ2) is 7.22. The lowest BCUT2D eigenvalue weighted by Gasteiger charge is -2.25. The Morgan fingerprint density at radius 2 is 1.73 bits per heavy atom. The zero-order valence-corrected chi connectivity index (χ0v) is 13.4. The quantitative estimate of drug-likeness (QED) is 0.739. The predicted molar refractivity (Wildman–Crippen MR) is 84.7 cm³/mol. The lowest BCUT2D eigenvalue weighted by Crippen LogP contribution is -2.50. The van der Waals surface area contributed by atoms with Gasteiger partial charge in [0, 0.05) is 0 Å². The number of sulfonamides is 1. The number of hydrogen-bond acceptors (Lipinski definition) is 4. The molecule has 0 aromatic heterocycles. The van der Waals surface area contributed by atoms with Gasteiger partial charge in [0.25, 0.3) is 10.0 Å². The molecule has 3 N–H and O–H groups in total. The number of hydrogen-bond donors (Lipinski definition) is 2. The first-order chi connectivity index (χ1) is 10.3. The molecule has 0 saturated carbocycles. The molecule has 0 aliphatic heterocycles. The number of carbonyl (C=O) groups excluding carboxylic acids is 2. The van der Waals surface area contributed by atoms with Crippen molar-refractivity contribution in [2.45, 2.75) is 26.7 Å². The molecular weight excluding hydrogens is 304 g/mol. The molecule has 120 valence electrons. The van der Waals surface area contributed by atoms with E-state index >= 15 is 0 Å². The number of rotatable bonds is 7. The molecule has 0 saturated heterocycles. The van der Waals surface area contributed by atoms with Crippen LogP contribution in [0.5, 0.6) is 0 Å². The van der Waals surface area contributed by atoms with Crippen LogP contribution in [0.15, 0.2) is 35.7 Å². The molecule has 1 aromatic carbocycles. The largest absolute Gasteiger partial charge is 0.369 e. The van der Waals surface area contributed by atoms with Crippen molar-refractivity contribution in [2.24, 2.45) is 11.1 Å². The molecule has 0 aliphatic carbocycles. The van der Waals surface area contributed by atoms with E-state index < -0.39 is 27.3 Å². The Bertz CT molecular complexity index is 662. The molecule has 2 amide bonds. The molecule has 22 heavy (non-hydrogen) atoms. The van der Waals surface area contributed by atoms with Gasteiger partial charge in [-0.25, -0.2) is 13.1 Å². The minimum atomic E-state index is -4.00. The van der Waals surface area contributed by atoms with Gasteiger partial charge < -0.3 is 5.73 Å². The zero-order chi connectivity index (χ0) is 16.8. The molecule has 0 aliphatic rings. The SMILES string of the molecule is CCC(CC)(C(N)=O)C(=O)NS(=O)(=O)C=Cc1ccccc1. The molecule has 1 rings (SSSR count). The molecule has 1 aromatic rings. The maximum atomic E-state index is 12.2. The third-order valence-electron chi connectivity index (χ3n) is 3.59. The molecule has 0 unspecified atom stereocenters. The Morgan fingerprint density at radius 1 is 1.18 bits per heavy atom. The molecule has 0 spiro atoms. The van der Waals surface area contributed by atoms with Gasteiger partial charge in [0.2, 0.25) is 11.8 Å². The average molecular weight is 324 g/mol. The van der Waals surface area contributed by atoms with E-state index in [9.17, 15) is 18.0 Å². The summed E-state index contributed by atoms with van der Waals surface area (Å²) in [5.74, 6) is -1.74. The summed E-state index contributed by atoms with van der Waals surface area (Å²) in [6.07, 6.45) is 1.62. The summed E-state index contributed by atoms with van der Waals surface area (Å²) in [6.45, 7) is 3.22. The fourth-order valence-corrected chi connectivity index (χ4v) is 2.88. The van der Waals surface area contributed by atoms with Crippen LogP contribution in [-0.2, 0) is 19.6 Å². The number of primary amides is 1. The summed E-state index contributed by atoms with van der Waals surface area (Å²) in [5, 5.41) is 0.886. The molecule has 6 nitrogen and oxygen atoms in total. The summed E-state index contributed by atoms with van der Waals surface area (Å²) < 4.78 is 25.8. The molecule has 0 atom stereocenters. The van der Waals surface area contributed by atoms with Crippen molar-refractivity contribution in [1.29, 1.82) is 0 Å². The summed E-state index contributed by atoms with van der Waals surface area (Å²) in [7, 11) is -4.00. The van der Waals surface area contributed by atoms with Crippen molar-refractivity contribution in [3.05, 3.63) is 41.3 Å². The molecule has 0 radical (unpaired) electrons. The maximum absolute atomic E-state index is 12.2. The third kappa shape index (κ3) is 4.17. The topological polar surface area (TPSA) is 106 Å². The van der Waals surface area contributed by atoms with Gasteiger partial charge in [0.15, 0.2) is 0 Å². The van der Waals surface area contributed by atoms with Crippen molar-refractivity contribution < 1.29 is 18.0 Å². The van der Waals surface area contributed by atoms with E-state index in [4.69, 9.17) is 5.73 Å². The van der Waals surface area contributed by atoms with Gasteiger partial charge in [-0.1, -0.05) is 44.2 Å². The van der Waals surface area contributed by atoms with Crippen molar-refractivity contribution in [2.75, 3.05) is 0 Å². The monoisotopic (exact) mass is 324 g/mol. The Labute approximate surface area is 130 Å². The van der Waals surface area contributed by atoms with Crippen LogP contribution in [0.3, 0.4) is 0 Å². The maximum Gasteiger partial charge on any atom is 0.257 e. The summed E-state index contributed by atoms with van der Waals surface area (Å²) in [4.78, 5) is 23.7. The van der Waals surface area contributed by atoms with Gasteiger partial charge in [-0.05, 0) is 24.5 Å². The summed E-state index contributed by atoms with van der Waals surface area (Å²) >= 11 is 0. The first-order valence-electron chi connectivity index (χ1n) is 6.87. The molecule has 0 heterocycles. The van der Waals surface area contributed by atoms with E-state index in [1.54, 1.807) is 44.2 Å². The normalized spacial score (nSPS) is 12.3. The second-order valence-corrected chi connectivity index (χ2v) is 6.41. The van der Waals surface area contributed by atoms with Crippen LogP contribution in [0, 0.1) is 5.41 Å². The lowest BCUT2D eigenvalue weighted by atomic mass is 9.81. The molecule has 0 fully saturated rings. The summed E-state index contributed by atoms with van der Waals surface area (Å²) in [6, 6.07) is 8.77.